The molecule has 0 saturated heterocycles. The Labute approximate surface area is 276 Å². The van der Waals surface area contributed by atoms with Gasteiger partial charge in [-0.2, -0.15) is 0 Å². The van der Waals surface area contributed by atoms with Gasteiger partial charge in [0.15, 0.2) is 0 Å². The van der Waals surface area contributed by atoms with Gasteiger partial charge >= 0.3 is 18.0 Å². The van der Waals surface area contributed by atoms with Gasteiger partial charge in [0.1, 0.15) is 37.2 Å². The number of carbonyl (C=O) groups is 3. The second-order valence-corrected chi connectivity index (χ2v) is 12.7. The van der Waals surface area contributed by atoms with Crippen molar-refractivity contribution in [3.05, 3.63) is 125 Å². The van der Waals surface area contributed by atoms with Crippen molar-refractivity contribution < 1.29 is 33.3 Å². The van der Waals surface area contributed by atoms with E-state index in [1.807, 2.05) is 91.9 Å². The van der Waals surface area contributed by atoms with Crippen LogP contribution in [0, 0.1) is 6.92 Å². The lowest BCUT2D eigenvalue weighted by Gasteiger charge is -2.21. The van der Waals surface area contributed by atoms with Crippen LogP contribution in [0.1, 0.15) is 67.3 Å². The van der Waals surface area contributed by atoms with Crippen LogP contribution in [0.5, 0.6) is 5.75 Å². The first-order valence-corrected chi connectivity index (χ1v) is 15.8. The minimum atomic E-state index is -1.12. The number of ether oxygens (including phenoxy) is 4. The molecule has 0 radical (unpaired) electrons. The van der Waals surface area contributed by atoms with E-state index in [0.717, 1.165) is 33.4 Å². The average Bonchev–Trinajstić information content (AvgIpc) is 3.37. The quantitative estimate of drug-likeness (QED) is 0.126. The highest BCUT2D eigenvalue weighted by Gasteiger charge is 2.30. The van der Waals surface area contributed by atoms with Gasteiger partial charge in [-0.25, -0.2) is 9.59 Å². The smallest absolute Gasteiger partial charge is 0.407 e. The molecule has 0 bridgehead atoms. The Kier molecular flexibility index (Phi) is 10.6. The van der Waals surface area contributed by atoms with Crippen LogP contribution < -0.4 is 10.1 Å². The number of hydrogen-bond acceptors (Lipinski definition) is 7. The molecule has 0 fully saturated rings. The molecule has 47 heavy (non-hydrogen) atoms. The Hall–Kier alpha value is -5.11. The summed E-state index contributed by atoms with van der Waals surface area (Å²) in [4.78, 5) is 38.7. The summed E-state index contributed by atoms with van der Waals surface area (Å²) in [5.41, 5.74) is 6.70. The van der Waals surface area contributed by atoms with Gasteiger partial charge in [0.05, 0.1) is 0 Å². The van der Waals surface area contributed by atoms with E-state index in [2.05, 4.69) is 17.4 Å². The molecule has 0 heterocycles. The standard InChI is InChI=1S/C39H41NO7/c1-26-13-15-27(16-14-26)23-44-29-19-17-28(18-20-29)24-45-37(42)35(21-22-36(41)47-39(2,3)4)40-38(43)46-25-34-32-11-7-5-9-30(32)31-10-6-8-12-33(31)34/h5-20,34-35H,21-25H2,1-4H3,(H,40,43)/t35-/m1/s1. The zero-order valence-corrected chi connectivity index (χ0v) is 27.3. The lowest BCUT2D eigenvalue weighted by atomic mass is 9.98. The maximum atomic E-state index is 13.2. The first kappa shape index (κ1) is 33.3. The molecule has 1 aliphatic rings. The van der Waals surface area contributed by atoms with Crippen LogP contribution in [0.15, 0.2) is 97.1 Å². The molecule has 0 spiro atoms. The van der Waals surface area contributed by atoms with Gasteiger partial charge in [-0.3, -0.25) is 4.79 Å². The molecule has 0 unspecified atom stereocenters. The fraction of sp³-hybridized carbons (Fsp3) is 0.308. The summed E-state index contributed by atoms with van der Waals surface area (Å²) in [6.45, 7) is 7.85. The third kappa shape index (κ3) is 9.22. The summed E-state index contributed by atoms with van der Waals surface area (Å²) in [6.07, 6.45) is -0.870. The molecule has 1 amide bonds. The molecular weight excluding hydrogens is 594 g/mol. The van der Waals surface area contributed by atoms with Crippen molar-refractivity contribution in [2.24, 2.45) is 0 Å². The summed E-state index contributed by atoms with van der Waals surface area (Å²) in [6, 6.07) is 30.4. The Bertz CT molecular complexity index is 1640. The molecule has 4 aromatic carbocycles. The van der Waals surface area contributed by atoms with Crippen LogP contribution in [0.2, 0.25) is 0 Å². The molecule has 1 atom stereocenters. The van der Waals surface area contributed by atoms with Crippen molar-refractivity contribution >= 4 is 18.0 Å². The number of alkyl carbamates (subject to hydrolysis) is 1. The fourth-order valence-corrected chi connectivity index (χ4v) is 5.47. The predicted octanol–water partition coefficient (Wildman–Crippen LogP) is 7.65. The van der Waals surface area contributed by atoms with E-state index < -0.39 is 29.7 Å². The molecule has 8 nitrogen and oxygen atoms in total. The Morgan fingerprint density at radius 3 is 1.94 bits per heavy atom. The number of fused-ring (bicyclic) bond motifs is 3. The SMILES string of the molecule is Cc1ccc(COc2ccc(COC(=O)[C@@H](CCC(=O)OC(C)(C)C)NC(=O)OCC3c4ccccc4-c4ccccc43)cc2)cc1. The third-order valence-electron chi connectivity index (χ3n) is 7.81. The fourth-order valence-electron chi connectivity index (χ4n) is 5.47. The Morgan fingerprint density at radius 2 is 1.32 bits per heavy atom. The molecule has 0 aliphatic heterocycles. The number of amides is 1. The molecule has 0 aromatic heterocycles. The highest BCUT2D eigenvalue weighted by molar-refractivity contribution is 5.83. The zero-order chi connectivity index (χ0) is 33.4. The Balaban J connectivity index is 1.18. The number of hydrogen-bond donors (Lipinski definition) is 1. The van der Waals surface area contributed by atoms with Crippen molar-refractivity contribution in [3.8, 4) is 16.9 Å². The lowest BCUT2D eigenvalue weighted by molar-refractivity contribution is -0.155. The van der Waals surface area contributed by atoms with Crippen LogP contribution in [-0.4, -0.2) is 36.3 Å². The van der Waals surface area contributed by atoms with E-state index in [1.165, 1.54) is 5.56 Å². The van der Waals surface area contributed by atoms with E-state index in [0.29, 0.717) is 12.4 Å². The number of carbonyl (C=O) groups excluding carboxylic acids is 3. The molecular formula is C39H41NO7. The van der Waals surface area contributed by atoms with E-state index in [-0.39, 0.29) is 32.0 Å². The number of nitrogens with one attached hydrogen (secondary N) is 1. The monoisotopic (exact) mass is 635 g/mol. The molecule has 8 heteroatoms. The maximum Gasteiger partial charge on any atom is 0.407 e. The van der Waals surface area contributed by atoms with Gasteiger partial charge < -0.3 is 24.3 Å². The van der Waals surface area contributed by atoms with E-state index in [9.17, 15) is 14.4 Å². The second-order valence-electron chi connectivity index (χ2n) is 12.7. The largest absolute Gasteiger partial charge is 0.489 e. The zero-order valence-electron chi connectivity index (χ0n) is 27.3. The van der Waals surface area contributed by atoms with Crippen molar-refractivity contribution in [2.45, 2.75) is 71.3 Å². The van der Waals surface area contributed by atoms with Crippen molar-refractivity contribution in [3.63, 3.8) is 0 Å². The van der Waals surface area contributed by atoms with Crippen molar-refractivity contribution in [1.82, 2.24) is 5.32 Å². The number of benzene rings is 4. The van der Waals surface area contributed by atoms with Gasteiger partial charge in [0, 0.05) is 12.3 Å². The first-order chi connectivity index (χ1) is 22.6. The minimum Gasteiger partial charge on any atom is -0.489 e. The highest BCUT2D eigenvalue weighted by Crippen LogP contribution is 2.44. The summed E-state index contributed by atoms with van der Waals surface area (Å²) < 4.78 is 22.5. The third-order valence-corrected chi connectivity index (χ3v) is 7.81. The van der Waals surface area contributed by atoms with Gasteiger partial charge in [-0.05, 0) is 79.6 Å². The van der Waals surface area contributed by atoms with E-state index >= 15 is 0 Å². The average molecular weight is 636 g/mol. The van der Waals surface area contributed by atoms with Crippen LogP contribution in [-0.2, 0) is 37.0 Å². The summed E-state index contributed by atoms with van der Waals surface area (Å²) in [5, 5.41) is 2.62. The molecule has 5 rings (SSSR count). The molecule has 1 N–H and O–H groups in total. The van der Waals surface area contributed by atoms with Crippen molar-refractivity contribution in [2.75, 3.05) is 6.61 Å². The second kappa shape index (κ2) is 15.0. The number of esters is 2. The minimum absolute atomic E-state index is 0.0102. The van der Waals surface area contributed by atoms with Gasteiger partial charge in [-0.15, -0.1) is 0 Å². The van der Waals surface area contributed by atoms with Crippen LogP contribution in [0.3, 0.4) is 0 Å². The molecule has 0 saturated carbocycles. The summed E-state index contributed by atoms with van der Waals surface area (Å²) in [7, 11) is 0. The first-order valence-electron chi connectivity index (χ1n) is 15.8. The number of aryl methyl sites for hydroxylation is 1. The normalized spacial score (nSPS) is 12.8. The van der Waals surface area contributed by atoms with Crippen LogP contribution in [0.25, 0.3) is 11.1 Å². The molecule has 4 aromatic rings. The van der Waals surface area contributed by atoms with Gasteiger partial charge in [0.2, 0.25) is 0 Å². The lowest BCUT2D eigenvalue weighted by Crippen LogP contribution is -2.43. The maximum absolute atomic E-state index is 13.2. The number of rotatable bonds is 12. The molecule has 244 valence electrons. The van der Waals surface area contributed by atoms with Crippen molar-refractivity contribution in [1.29, 1.82) is 0 Å². The van der Waals surface area contributed by atoms with E-state index in [4.69, 9.17) is 18.9 Å². The van der Waals surface area contributed by atoms with Crippen LogP contribution in [0.4, 0.5) is 4.79 Å². The topological polar surface area (TPSA) is 100 Å². The predicted molar refractivity (Wildman–Crippen MR) is 179 cm³/mol. The van der Waals surface area contributed by atoms with E-state index in [1.54, 1.807) is 20.8 Å². The highest BCUT2D eigenvalue weighted by atomic mass is 16.6. The van der Waals surface area contributed by atoms with Gasteiger partial charge in [0.25, 0.3) is 0 Å². The summed E-state index contributed by atoms with van der Waals surface area (Å²) in [5.74, 6) is -0.607. The summed E-state index contributed by atoms with van der Waals surface area (Å²) >= 11 is 0. The molecule has 1 aliphatic carbocycles. The van der Waals surface area contributed by atoms with Crippen LogP contribution >= 0.6 is 0 Å². The van der Waals surface area contributed by atoms with Gasteiger partial charge in [-0.1, -0.05) is 90.5 Å². The Morgan fingerprint density at radius 1 is 0.745 bits per heavy atom.